The quantitative estimate of drug-likeness (QED) is 0.394. The molecule has 1 aliphatic heterocycles. The molecule has 1 aliphatic rings. The molecule has 0 radical (unpaired) electrons. The molecule has 21 heavy (non-hydrogen) atoms. The highest BCUT2D eigenvalue weighted by atomic mass is 127. The lowest BCUT2D eigenvalue weighted by Gasteiger charge is -2.33. The zero-order valence-electron chi connectivity index (χ0n) is 14.1. The number of nitrogens with one attached hydrogen (secondary N) is 1. The van der Waals surface area contributed by atoms with Gasteiger partial charge in [-0.3, -0.25) is 4.99 Å². The minimum absolute atomic E-state index is 0. The maximum absolute atomic E-state index is 5.09. The topological polar surface area (TPSA) is 40.1 Å². The van der Waals surface area contributed by atoms with Gasteiger partial charge in [-0.2, -0.15) is 0 Å². The number of aliphatic imine (C=N–C) groups is 1. The van der Waals surface area contributed by atoms with Crippen LogP contribution < -0.4 is 5.32 Å². The summed E-state index contributed by atoms with van der Waals surface area (Å²) < 4.78 is 5.09. The second-order valence-electron chi connectivity index (χ2n) is 5.70. The smallest absolute Gasteiger partial charge is 0.193 e. The number of guanidine groups is 1. The first-order valence-corrected chi connectivity index (χ1v) is 7.88. The zero-order chi connectivity index (χ0) is 14.8. The summed E-state index contributed by atoms with van der Waals surface area (Å²) in [7, 11) is 3.86. The van der Waals surface area contributed by atoms with E-state index in [0.717, 1.165) is 57.8 Å². The molecule has 0 atom stereocenters. The molecule has 0 unspecified atom stereocenters. The first-order valence-electron chi connectivity index (χ1n) is 7.88. The Hall–Kier alpha value is -0.0800. The molecular formula is C15H33IN4O. The van der Waals surface area contributed by atoms with Gasteiger partial charge in [-0.1, -0.05) is 6.92 Å². The number of nitrogens with zero attached hydrogens (tertiary/aromatic N) is 3. The molecule has 5 nitrogen and oxygen atoms in total. The lowest BCUT2D eigenvalue weighted by molar-refractivity contribution is 0.162. The van der Waals surface area contributed by atoms with E-state index in [-0.39, 0.29) is 24.0 Å². The van der Waals surface area contributed by atoms with E-state index < -0.39 is 0 Å². The molecular weight excluding hydrogens is 379 g/mol. The maximum atomic E-state index is 5.09. The van der Waals surface area contributed by atoms with Crippen molar-refractivity contribution in [3.63, 3.8) is 0 Å². The highest BCUT2D eigenvalue weighted by molar-refractivity contribution is 14.0. The lowest BCUT2D eigenvalue weighted by Crippen LogP contribution is -2.45. The molecule has 1 saturated heterocycles. The van der Waals surface area contributed by atoms with Crippen LogP contribution in [-0.4, -0.2) is 75.8 Å². The standard InChI is InChI=1S/C15H32N4O.HI/c1-5-16-15(19-9-6-14(2)7-10-19)17-8-11-18(3)12-13-20-4;/h14H,5-13H2,1-4H3,(H,16,17);1H. The Bertz CT molecular complexity index is 281. The number of rotatable bonds is 7. The molecule has 6 heteroatoms. The van der Waals surface area contributed by atoms with E-state index in [1.54, 1.807) is 7.11 Å². The van der Waals surface area contributed by atoms with Crippen LogP contribution in [-0.2, 0) is 4.74 Å². The summed E-state index contributed by atoms with van der Waals surface area (Å²) in [5, 5.41) is 3.42. The second kappa shape index (κ2) is 12.5. The fraction of sp³-hybridized carbons (Fsp3) is 0.933. The summed E-state index contributed by atoms with van der Waals surface area (Å²) in [6.07, 6.45) is 2.55. The number of hydrogen-bond acceptors (Lipinski definition) is 3. The normalized spacial score (nSPS) is 17.0. The summed E-state index contributed by atoms with van der Waals surface area (Å²) >= 11 is 0. The Kier molecular flexibility index (Phi) is 12.4. The summed E-state index contributed by atoms with van der Waals surface area (Å²) in [5.41, 5.74) is 0. The summed E-state index contributed by atoms with van der Waals surface area (Å²) in [5.74, 6) is 1.94. The van der Waals surface area contributed by atoms with E-state index >= 15 is 0 Å². The molecule has 0 bridgehead atoms. The average molecular weight is 412 g/mol. The number of halogens is 1. The molecule has 0 amide bonds. The van der Waals surface area contributed by atoms with E-state index in [0.29, 0.717) is 0 Å². The van der Waals surface area contributed by atoms with E-state index in [1.807, 2.05) is 0 Å². The number of likely N-dealkylation sites (N-methyl/N-ethyl adjacent to an activating group) is 1. The number of ether oxygens (including phenoxy) is 1. The van der Waals surface area contributed by atoms with E-state index in [9.17, 15) is 0 Å². The van der Waals surface area contributed by atoms with Crippen molar-refractivity contribution < 1.29 is 4.74 Å². The maximum Gasteiger partial charge on any atom is 0.193 e. The second-order valence-corrected chi connectivity index (χ2v) is 5.70. The molecule has 1 rings (SSSR count). The van der Waals surface area contributed by atoms with Crippen LogP contribution in [0, 0.1) is 5.92 Å². The molecule has 0 aliphatic carbocycles. The van der Waals surface area contributed by atoms with E-state index in [2.05, 4.69) is 36.0 Å². The van der Waals surface area contributed by atoms with Crippen molar-refractivity contribution in [1.82, 2.24) is 15.1 Å². The molecule has 1 fully saturated rings. The average Bonchev–Trinajstić information content (AvgIpc) is 2.45. The molecule has 1 N–H and O–H groups in total. The van der Waals surface area contributed by atoms with Gasteiger partial charge in [0, 0.05) is 39.8 Å². The van der Waals surface area contributed by atoms with Crippen molar-refractivity contribution >= 4 is 29.9 Å². The summed E-state index contributed by atoms with van der Waals surface area (Å²) in [6.45, 7) is 11.2. The number of likely N-dealkylation sites (tertiary alicyclic amines) is 1. The highest BCUT2D eigenvalue weighted by Crippen LogP contribution is 2.15. The van der Waals surface area contributed by atoms with E-state index in [4.69, 9.17) is 9.73 Å². The van der Waals surface area contributed by atoms with Crippen LogP contribution in [0.2, 0.25) is 0 Å². The number of hydrogen-bond donors (Lipinski definition) is 1. The largest absolute Gasteiger partial charge is 0.383 e. The van der Waals surface area contributed by atoms with Crippen LogP contribution in [0.3, 0.4) is 0 Å². The molecule has 0 aromatic carbocycles. The van der Waals surface area contributed by atoms with Crippen LogP contribution in [0.1, 0.15) is 26.7 Å². The van der Waals surface area contributed by atoms with Crippen LogP contribution >= 0.6 is 24.0 Å². The molecule has 1 heterocycles. The minimum atomic E-state index is 0. The number of piperidine rings is 1. The van der Waals surface area contributed by atoms with Crippen LogP contribution in [0.25, 0.3) is 0 Å². The van der Waals surface area contributed by atoms with Crippen molar-refractivity contribution in [2.75, 3.05) is 60.0 Å². The molecule has 0 aromatic heterocycles. The molecule has 0 aromatic rings. The van der Waals surface area contributed by atoms with Gasteiger partial charge in [0.2, 0.25) is 0 Å². The van der Waals surface area contributed by atoms with Crippen molar-refractivity contribution in [3.05, 3.63) is 0 Å². The predicted octanol–water partition coefficient (Wildman–Crippen LogP) is 1.88. The summed E-state index contributed by atoms with van der Waals surface area (Å²) in [6, 6.07) is 0. The Morgan fingerprint density at radius 1 is 1.33 bits per heavy atom. The van der Waals surface area contributed by atoms with Gasteiger partial charge in [0.25, 0.3) is 0 Å². The van der Waals surface area contributed by atoms with Gasteiger partial charge in [-0.25, -0.2) is 0 Å². The Morgan fingerprint density at radius 3 is 2.57 bits per heavy atom. The first-order chi connectivity index (χ1) is 9.67. The minimum Gasteiger partial charge on any atom is -0.383 e. The summed E-state index contributed by atoms with van der Waals surface area (Å²) in [4.78, 5) is 9.42. The predicted molar refractivity (Wildman–Crippen MR) is 101 cm³/mol. The third kappa shape index (κ3) is 8.83. The zero-order valence-corrected chi connectivity index (χ0v) is 16.4. The molecule has 126 valence electrons. The van der Waals surface area contributed by atoms with Crippen molar-refractivity contribution in [2.45, 2.75) is 26.7 Å². The Balaban J connectivity index is 0.00000400. The third-order valence-corrected chi connectivity index (χ3v) is 3.84. The van der Waals surface area contributed by atoms with Crippen LogP contribution in [0.5, 0.6) is 0 Å². The molecule has 0 spiro atoms. The lowest BCUT2D eigenvalue weighted by atomic mass is 10.00. The van der Waals surface area contributed by atoms with Gasteiger partial charge in [-0.15, -0.1) is 24.0 Å². The van der Waals surface area contributed by atoms with Crippen molar-refractivity contribution in [3.8, 4) is 0 Å². The molecule has 0 saturated carbocycles. The number of methoxy groups -OCH3 is 1. The van der Waals surface area contributed by atoms with Crippen molar-refractivity contribution in [2.24, 2.45) is 10.9 Å². The fourth-order valence-corrected chi connectivity index (χ4v) is 2.33. The SMILES string of the molecule is CCNC(=NCCN(C)CCOC)N1CCC(C)CC1.I. The fourth-order valence-electron chi connectivity index (χ4n) is 2.33. The van der Waals surface area contributed by atoms with Gasteiger partial charge in [0.1, 0.15) is 0 Å². The van der Waals surface area contributed by atoms with Crippen molar-refractivity contribution in [1.29, 1.82) is 0 Å². The van der Waals surface area contributed by atoms with Gasteiger partial charge in [-0.05, 0) is 32.7 Å². The van der Waals surface area contributed by atoms with Gasteiger partial charge >= 0.3 is 0 Å². The first kappa shape index (κ1) is 20.9. The third-order valence-electron chi connectivity index (χ3n) is 3.84. The Labute approximate surface area is 147 Å². The van der Waals surface area contributed by atoms with Gasteiger partial charge < -0.3 is 19.9 Å². The van der Waals surface area contributed by atoms with Crippen LogP contribution in [0.4, 0.5) is 0 Å². The van der Waals surface area contributed by atoms with Gasteiger partial charge in [0.05, 0.1) is 13.2 Å². The monoisotopic (exact) mass is 412 g/mol. The van der Waals surface area contributed by atoms with Crippen LogP contribution in [0.15, 0.2) is 4.99 Å². The van der Waals surface area contributed by atoms with E-state index in [1.165, 1.54) is 12.8 Å². The Morgan fingerprint density at radius 2 is 2.00 bits per heavy atom. The van der Waals surface area contributed by atoms with Gasteiger partial charge in [0.15, 0.2) is 5.96 Å². The highest BCUT2D eigenvalue weighted by Gasteiger charge is 2.18.